The number of rotatable bonds is 11. The smallest absolute Gasteiger partial charge is 0.247 e. The standard InChI is InChI=1S/C25H31N3O3S/c1-2-7-15-28(14-6-1)16-17-29-23-12-10-21(11-13-23)25-27-26-24(31-25)20-32-19-18-30-22-8-4-3-5-9-22/h3-5,8-13H,1-2,6-7,14-20H2. The number of hydrogen-bond donors (Lipinski definition) is 0. The molecule has 0 radical (unpaired) electrons. The van der Waals surface area contributed by atoms with Crippen molar-refractivity contribution in [1.82, 2.24) is 15.1 Å². The molecule has 1 aromatic heterocycles. The van der Waals surface area contributed by atoms with Crippen LogP contribution in [0, 0.1) is 0 Å². The zero-order valence-electron chi connectivity index (χ0n) is 18.4. The van der Waals surface area contributed by atoms with Crippen LogP contribution in [-0.2, 0) is 5.75 Å². The first kappa shape index (κ1) is 22.7. The van der Waals surface area contributed by atoms with Gasteiger partial charge in [-0.1, -0.05) is 31.0 Å². The second-order valence-corrected chi connectivity index (χ2v) is 8.95. The van der Waals surface area contributed by atoms with E-state index in [2.05, 4.69) is 15.1 Å². The quantitative estimate of drug-likeness (QED) is 0.365. The molecule has 3 aromatic rings. The highest BCUT2D eigenvalue weighted by Crippen LogP contribution is 2.23. The van der Waals surface area contributed by atoms with Crippen LogP contribution >= 0.6 is 11.8 Å². The van der Waals surface area contributed by atoms with E-state index in [4.69, 9.17) is 13.9 Å². The Morgan fingerprint density at radius 3 is 2.31 bits per heavy atom. The highest BCUT2D eigenvalue weighted by Gasteiger charge is 2.10. The Balaban J connectivity index is 1.16. The Labute approximate surface area is 194 Å². The zero-order chi connectivity index (χ0) is 21.8. The summed E-state index contributed by atoms with van der Waals surface area (Å²) in [5, 5.41) is 8.35. The first-order chi connectivity index (χ1) is 15.9. The van der Waals surface area contributed by atoms with Crippen LogP contribution in [0.25, 0.3) is 11.5 Å². The largest absolute Gasteiger partial charge is 0.493 e. The minimum atomic E-state index is 0.539. The van der Waals surface area contributed by atoms with E-state index >= 15 is 0 Å². The third-order valence-electron chi connectivity index (χ3n) is 5.41. The van der Waals surface area contributed by atoms with E-state index < -0.39 is 0 Å². The number of benzene rings is 2. The van der Waals surface area contributed by atoms with Gasteiger partial charge >= 0.3 is 0 Å². The van der Waals surface area contributed by atoms with Gasteiger partial charge in [0.1, 0.15) is 18.1 Å². The normalized spacial score (nSPS) is 14.8. The van der Waals surface area contributed by atoms with E-state index in [0.29, 0.717) is 24.1 Å². The van der Waals surface area contributed by atoms with Crippen molar-refractivity contribution >= 4 is 11.8 Å². The van der Waals surface area contributed by atoms with Crippen molar-refractivity contribution in [3.8, 4) is 23.0 Å². The minimum Gasteiger partial charge on any atom is -0.493 e. The lowest BCUT2D eigenvalue weighted by Crippen LogP contribution is -2.29. The predicted molar refractivity (Wildman–Crippen MR) is 128 cm³/mol. The van der Waals surface area contributed by atoms with Crippen LogP contribution in [0.1, 0.15) is 31.6 Å². The van der Waals surface area contributed by atoms with Gasteiger partial charge in [-0.2, -0.15) is 0 Å². The van der Waals surface area contributed by atoms with Gasteiger partial charge in [0.25, 0.3) is 0 Å². The van der Waals surface area contributed by atoms with E-state index in [-0.39, 0.29) is 0 Å². The Morgan fingerprint density at radius 2 is 1.53 bits per heavy atom. The summed E-state index contributed by atoms with van der Waals surface area (Å²) in [5.74, 6) is 4.46. The lowest BCUT2D eigenvalue weighted by atomic mass is 10.2. The van der Waals surface area contributed by atoms with Gasteiger partial charge in [0.15, 0.2) is 0 Å². The summed E-state index contributed by atoms with van der Waals surface area (Å²) in [6, 6.07) is 17.7. The molecule has 4 rings (SSSR count). The van der Waals surface area contributed by atoms with Crippen LogP contribution in [0.2, 0.25) is 0 Å². The second kappa shape index (κ2) is 12.5. The van der Waals surface area contributed by atoms with E-state index in [0.717, 1.165) is 36.0 Å². The Bertz CT molecular complexity index is 910. The van der Waals surface area contributed by atoms with Crippen molar-refractivity contribution in [3.63, 3.8) is 0 Å². The van der Waals surface area contributed by atoms with Gasteiger partial charge in [-0.25, -0.2) is 0 Å². The number of nitrogens with zero attached hydrogens (tertiary/aromatic N) is 3. The maximum Gasteiger partial charge on any atom is 0.247 e. The lowest BCUT2D eigenvalue weighted by Gasteiger charge is -2.19. The highest BCUT2D eigenvalue weighted by molar-refractivity contribution is 7.98. The van der Waals surface area contributed by atoms with Gasteiger partial charge in [-0.15, -0.1) is 22.0 Å². The fourth-order valence-corrected chi connectivity index (χ4v) is 4.31. The molecule has 0 unspecified atom stereocenters. The summed E-state index contributed by atoms with van der Waals surface area (Å²) in [7, 11) is 0. The molecule has 2 heterocycles. The fraction of sp³-hybridized carbons (Fsp3) is 0.440. The fourth-order valence-electron chi connectivity index (χ4n) is 3.67. The molecule has 0 amide bonds. The average molecular weight is 454 g/mol. The molecular formula is C25H31N3O3S. The van der Waals surface area contributed by atoms with Gasteiger partial charge in [-0.05, 0) is 62.3 Å². The molecule has 32 heavy (non-hydrogen) atoms. The zero-order valence-corrected chi connectivity index (χ0v) is 19.3. The lowest BCUT2D eigenvalue weighted by molar-refractivity contribution is 0.214. The van der Waals surface area contributed by atoms with E-state index in [1.54, 1.807) is 11.8 Å². The molecule has 1 saturated heterocycles. The predicted octanol–water partition coefficient (Wildman–Crippen LogP) is 5.30. The third kappa shape index (κ3) is 7.28. The van der Waals surface area contributed by atoms with Crippen LogP contribution in [0.4, 0.5) is 0 Å². The van der Waals surface area contributed by atoms with Crippen molar-refractivity contribution < 1.29 is 13.9 Å². The third-order valence-corrected chi connectivity index (χ3v) is 6.31. The molecule has 1 aliphatic heterocycles. The van der Waals surface area contributed by atoms with Crippen molar-refractivity contribution in [1.29, 1.82) is 0 Å². The van der Waals surface area contributed by atoms with Crippen molar-refractivity contribution in [2.24, 2.45) is 0 Å². The molecule has 2 aromatic carbocycles. The molecule has 1 fully saturated rings. The Hall–Kier alpha value is -2.51. The number of hydrogen-bond acceptors (Lipinski definition) is 7. The number of aromatic nitrogens is 2. The van der Waals surface area contributed by atoms with Crippen LogP contribution in [0.5, 0.6) is 11.5 Å². The molecular weight excluding hydrogens is 422 g/mol. The summed E-state index contributed by atoms with van der Waals surface area (Å²) >= 11 is 1.71. The highest BCUT2D eigenvalue weighted by atomic mass is 32.2. The number of thioether (sulfide) groups is 1. The van der Waals surface area contributed by atoms with Crippen LogP contribution in [0.15, 0.2) is 59.0 Å². The molecule has 0 atom stereocenters. The van der Waals surface area contributed by atoms with Crippen LogP contribution in [-0.4, -0.2) is 53.7 Å². The summed E-state index contributed by atoms with van der Waals surface area (Å²) in [6.45, 7) is 4.74. The van der Waals surface area contributed by atoms with Crippen molar-refractivity contribution in [2.75, 3.05) is 38.6 Å². The van der Waals surface area contributed by atoms with Crippen molar-refractivity contribution in [3.05, 3.63) is 60.5 Å². The maximum absolute atomic E-state index is 5.93. The van der Waals surface area contributed by atoms with Gasteiger partial charge in [0, 0.05) is 17.9 Å². The minimum absolute atomic E-state index is 0.539. The topological polar surface area (TPSA) is 60.6 Å². The van der Waals surface area contributed by atoms with E-state index in [1.165, 1.54) is 38.8 Å². The number of para-hydroxylation sites is 1. The first-order valence-electron chi connectivity index (χ1n) is 11.4. The van der Waals surface area contributed by atoms with Crippen molar-refractivity contribution in [2.45, 2.75) is 31.4 Å². The Morgan fingerprint density at radius 1 is 0.812 bits per heavy atom. The molecule has 0 aliphatic carbocycles. The molecule has 6 nitrogen and oxygen atoms in total. The van der Waals surface area contributed by atoms with E-state index in [1.807, 2.05) is 54.6 Å². The summed E-state index contributed by atoms with van der Waals surface area (Å²) in [4.78, 5) is 2.51. The number of ether oxygens (including phenoxy) is 2. The second-order valence-electron chi connectivity index (χ2n) is 7.84. The number of likely N-dealkylation sites (tertiary alicyclic amines) is 1. The van der Waals surface area contributed by atoms with Gasteiger partial charge in [0.2, 0.25) is 11.8 Å². The summed E-state index contributed by atoms with van der Waals surface area (Å²) in [5.41, 5.74) is 0.904. The summed E-state index contributed by atoms with van der Waals surface area (Å²) in [6.07, 6.45) is 5.33. The van der Waals surface area contributed by atoms with Gasteiger partial charge < -0.3 is 13.9 Å². The molecule has 1 aliphatic rings. The maximum atomic E-state index is 5.93. The first-order valence-corrected chi connectivity index (χ1v) is 12.6. The molecule has 0 N–H and O–H groups in total. The molecule has 0 spiro atoms. The molecule has 170 valence electrons. The van der Waals surface area contributed by atoms with Crippen LogP contribution < -0.4 is 9.47 Å². The van der Waals surface area contributed by atoms with Gasteiger partial charge in [0.05, 0.1) is 12.4 Å². The molecule has 0 saturated carbocycles. The van der Waals surface area contributed by atoms with E-state index in [9.17, 15) is 0 Å². The van der Waals surface area contributed by atoms with Crippen LogP contribution in [0.3, 0.4) is 0 Å². The Kier molecular flexibility index (Phi) is 8.86. The average Bonchev–Trinajstić information content (AvgIpc) is 3.15. The molecule has 7 heteroatoms. The SMILES string of the molecule is c1ccc(OCCSCc2nnc(-c3ccc(OCCN4CCCCCC4)cc3)o2)cc1. The molecule has 0 bridgehead atoms. The van der Waals surface area contributed by atoms with Gasteiger partial charge in [-0.3, -0.25) is 4.90 Å². The monoisotopic (exact) mass is 453 g/mol. The summed E-state index contributed by atoms with van der Waals surface area (Å²) < 4.78 is 17.4.